The zero-order valence-corrected chi connectivity index (χ0v) is 20.5. The SMILES string of the molecule is CCN1C[C@H](C)n2c(c(O)c3c(=O)n4nc(c32)C(=O)NCCCCCOc2cc(F)c(F)cc2C4)C1=O. The normalized spacial score (nSPS) is 18.6. The largest absolute Gasteiger partial charge is 0.505 e. The molecule has 5 rings (SSSR count). The van der Waals surface area contributed by atoms with Gasteiger partial charge in [-0.25, -0.2) is 13.5 Å². The summed E-state index contributed by atoms with van der Waals surface area (Å²) in [6, 6.07) is 1.49. The number of hydrogen-bond acceptors (Lipinski definition) is 6. The van der Waals surface area contributed by atoms with Crippen molar-refractivity contribution in [2.24, 2.45) is 0 Å². The molecule has 37 heavy (non-hydrogen) atoms. The van der Waals surface area contributed by atoms with E-state index in [1.54, 1.807) is 4.90 Å². The third-order valence-electron chi connectivity index (χ3n) is 6.87. The molecule has 1 atom stereocenters. The first-order valence-corrected chi connectivity index (χ1v) is 12.3. The highest BCUT2D eigenvalue weighted by Gasteiger charge is 2.37. The number of aromatic hydroxyl groups is 1. The van der Waals surface area contributed by atoms with E-state index in [0.717, 1.165) is 16.8 Å². The van der Waals surface area contributed by atoms with Crippen LogP contribution in [0.1, 0.15) is 65.7 Å². The van der Waals surface area contributed by atoms with Gasteiger partial charge in [0.05, 0.1) is 18.7 Å². The lowest BCUT2D eigenvalue weighted by Crippen LogP contribution is -2.42. The van der Waals surface area contributed by atoms with E-state index < -0.39 is 34.8 Å². The second-order valence-corrected chi connectivity index (χ2v) is 9.33. The van der Waals surface area contributed by atoms with Gasteiger partial charge in [-0.05, 0) is 39.2 Å². The van der Waals surface area contributed by atoms with E-state index in [1.165, 1.54) is 4.57 Å². The highest BCUT2D eigenvalue weighted by atomic mass is 19.2. The van der Waals surface area contributed by atoms with E-state index in [1.807, 2.05) is 13.8 Å². The smallest absolute Gasteiger partial charge is 0.280 e. The number of nitrogens with one attached hydrogen (secondary N) is 1. The van der Waals surface area contributed by atoms with E-state index in [4.69, 9.17) is 4.74 Å². The summed E-state index contributed by atoms with van der Waals surface area (Å²) in [4.78, 5) is 41.6. The van der Waals surface area contributed by atoms with Crippen LogP contribution >= 0.6 is 0 Å². The molecule has 0 aliphatic carbocycles. The summed E-state index contributed by atoms with van der Waals surface area (Å²) in [5.74, 6) is -3.75. The van der Waals surface area contributed by atoms with Gasteiger partial charge in [0, 0.05) is 37.3 Å². The topological polar surface area (TPSA) is 119 Å². The van der Waals surface area contributed by atoms with Crippen LogP contribution in [0.3, 0.4) is 0 Å². The number of carbonyl (C=O) groups is 2. The number of amides is 2. The Balaban J connectivity index is 1.79. The number of likely N-dealkylation sites (N-methyl/N-ethyl adjacent to an activating group) is 1. The fourth-order valence-corrected chi connectivity index (χ4v) is 5.03. The van der Waals surface area contributed by atoms with Crippen molar-refractivity contribution in [2.45, 2.75) is 45.7 Å². The monoisotopic (exact) mass is 515 g/mol. The number of ether oxygens (including phenoxy) is 1. The molecular weight excluding hydrogens is 488 g/mol. The minimum atomic E-state index is -1.13. The van der Waals surface area contributed by atoms with Crippen LogP contribution in [0.4, 0.5) is 8.78 Å². The van der Waals surface area contributed by atoms with Crippen molar-refractivity contribution < 1.29 is 28.2 Å². The van der Waals surface area contributed by atoms with Gasteiger partial charge in [0.25, 0.3) is 17.4 Å². The molecule has 1 aromatic carbocycles. The summed E-state index contributed by atoms with van der Waals surface area (Å²) in [6.07, 6.45) is 1.96. The van der Waals surface area contributed by atoms with Crippen LogP contribution in [-0.2, 0) is 6.54 Å². The predicted octanol–water partition coefficient (Wildman–Crippen LogP) is 2.56. The Kier molecular flexibility index (Phi) is 6.34. The van der Waals surface area contributed by atoms with Gasteiger partial charge in [-0.3, -0.25) is 14.4 Å². The van der Waals surface area contributed by atoms with Crippen molar-refractivity contribution in [1.29, 1.82) is 0 Å². The molecule has 2 N–H and O–H groups in total. The Labute approximate surface area is 210 Å². The van der Waals surface area contributed by atoms with Crippen molar-refractivity contribution in [2.75, 3.05) is 26.2 Å². The summed E-state index contributed by atoms with van der Waals surface area (Å²) in [7, 11) is 0. The van der Waals surface area contributed by atoms with Crippen molar-refractivity contribution in [3.63, 3.8) is 0 Å². The highest BCUT2D eigenvalue weighted by Crippen LogP contribution is 2.38. The van der Waals surface area contributed by atoms with Gasteiger partial charge < -0.3 is 24.6 Å². The Morgan fingerprint density at radius 2 is 1.92 bits per heavy atom. The lowest BCUT2D eigenvalue weighted by Gasteiger charge is -2.32. The number of nitrogens with zero attached hydrogens (tertiary/aromatic N) is 4. The molecule has 2 bridgehead atoms. The zero-order chi connectivity index (χ0) is 26.4. The first-order valence-electron chi connectivity index (χ1n) is 12.3. The zero-order valence-electron chi connectivity index (χ0n) is 20.5. The average Bonchev–Trinajstić information content (AvgIpc) is 3.18. The van der Waals surface area contributed by atoms with Crippen molar-refractivity contribution in [1.82, 2.24) is 24.6 Å². The third-order valence-corrected chi connectivity index (χ3v) is 6.87. The van der Waals surface area contributed by atoms with E-state index >= 15 is 0 Å². The summed E-state index contributed by atoms with van der Waals surface area (Å²) < 4.78 is 36.3. The lowest BCUT2D eigenvalue weighted by molar-refractivity contribution is 0.0685. The first kappa shape index (κ1) is 24.7. The molecule has 2 aliphatic rings. The molecule has 4 heterocycles. The van der Waals surface area contributed by atoms with E-state index in [-0.39, 0.29) is 52.8 Å². The maximum absolute atomic E-state index is 14.2. The van der Waals surface area contributed by atoms with Crippen molar-refractivity contribution in [3.8, 4) is 11.5 Å². The van der Waals surface area contributed by atoms with Gasteiger partial charge in [0.2, 0.25) is 0 Å². The van der Waals surface area contributed by atoms with E-state index in [0.29, 0.717) is 38.9 Å². The van der Waals surface area contributed by atoms with Crippen molar-refractivity contribution >= 4 is 22.7 Å². The Hall–Kier alpha value is -3.96. The van der Waals surface area contributed by atoms with Crippen LogP contribution in [0.5, 0.6) is 11.5 Å². The third kappa shape index (κ3) is 4.09. The molecule has 12 heteroatoms. The van der Waals surface area contributed by atoms with Gasteiger partial charge in [-0.15, -0.1) is 0 Å². The fourth-order valence-electron chi connectivity index (χ4n) is 5.03. The van der Waals surface area contributed by atoms with Gasteiger partial charge in [-0.1, -0.05) is 0 Å². The van der Waals surface area contributed by atoms with Crippen molar-refractivity contribution in [3.05, 3.63) is 51.1 Å². The number of rotatable bonds is 1. The number of carbonyl (C=O) groups excluding carboxylic acids is 2. The molecule has 3 aromatic rings. The van der Waals surface area contributed by atoms with Crippen LogP contribution in [0.15, 0.2) is 16.9 Å². The number of aromatic nitrogens is 3. The van der Waals surface area contributed by atoms with E-state index in [2.05, 4.69) is 10.4 Å². The molecule has 2 amide bonds. The molecule has 0 fully saturated rings. The van der Waals surface area contributed by atoms with Crippen LogP contribution in [-0.4, -0.2) is 62.4 Å². The van der Waals surface area contributed by atoms with Gasteiger partial charge in [0.1, 0.15) is 11.1 Å². The maximum Gasteiger partial charge on any atom is 0.280 e. The van der Waals surface area contributed by atoms with Gasteiger partial charge in [-0.2, -0.15) is 5.10 Å². The van der Waals surface area contributed by atoms with Crippen LogP contribution in [0, 0.1) is 11.6 Å². The minimum Gasteiger partial charge on any atom is -0.505 e. The molecule has 2 aliphatic heterocycles. The standard InChI is InChI=1S/C25H27F2N5O5/c1-3-30-11-13(2)32-20-18(22(33)21(32)25(30)36)24(35)31-12-14-9-15(26)16(27)10-17(14)37-8-6-4-5-7-28-23(34)19(20)29-31/h9-10,13,33H,3-8,11-12H2,1-2H3,(H,28,34)/t13-/m0/s1. The fraction of sp³-hybridized carbons (Fsp3) is 0.440. The first-order chi connectivity index (χ1) is 17.7. The summed E-state index contributed by atoms with van der Waals surface area (Å²) in [5, 5.41) is 18.0. The molecule has 196 valence electrons. The Morgan fingerprint density at radius 3 is 2.68 bits per heavy atom. The lowest BCUT2D eigenvalue weighted by atomic mass is 10.1. The maximum atomic E-state index is 14.2. The highest BCUT2D eigenvalue weighted by molar-refractivity contribution is 6.10. The summed E-state index contributed by atoms with van der Waals surface area (Å²) in [5.41, 5.74) is -0.811. The second-order valence-electron chi connectivity index (χ2n) is 9.33. The Bertz CT molecular complexity index is 1480. The van der Waals surface area contributed by atoms with Crippen LogP contribution in [0.25, 0.3) is 10.9 Å². The quantitative estimate of drug-likeness (QED) is 0.514. The number of fused-ring (bicyclic) bond motifs is 7. The molecular formula is C25H27F2N5O5. The summed E-state index contributed by atoms with van der Waals surface area (Å²) in [6.45, 7) is 4.56. The summed E-state index contributed by atoms with van der Waals surface area (Å²) >= 11 is 0. The van der Waals surface area contributed by atoms with Crippen LogP contribution < -0.4 is 15.6 Å². The molecule has 10 nitrogen and oxygen atoms in total. The van der Waals surface area contributed by atoms with Gasteiger partial charge >= 0.3 is 0 Å². The molecule has 2 aromatic heterocycles. The average molecular weight is 516 g/mol. The molecule has 0 radical (unpaired) electrons. The van der Waals surface area contributed by atoms with Gasteiger partial charge in [0.15, 0.2) is 28.8 Å². The van der Waals surface area contributed by atoms with E-state index in [9.17, 15) is 28.3 Å². The molecule has 0 saturated carbocycles. The van der Waals surface area contributed by atoms with Crippen LogP contribution in [0.2, 0.25) is 0 Å². The second kappa shape index (κ2) is 9.49. The molecule has 0 unspecified atom stereocenters. The number of hydrogen-bond donors (Lipinski definition) is 2. The Morgan fingerprint density at radius 1 is 1.16 bits per heavy atom. The minimum absolute atomic E-state index is 0.0542. The number of halogens is 2. The number of benzene rings is 1. The molecule has 0 saturated heterocycles. The molecule has 0 spiro atoms. The predicted molar refractivity (Wildman–Crippen MR) is 129 cm³/mol.